The molecule has 2 atom stereocenters. The van der Waals surface area contributed by atoms with Crippen LogP contribution in [0.3, 0.4) is 0 Å². The molecule has 78 valence electrons. The number of ether oxygens (including phenoxy) is 1. The first-order valence-electron chi connectivity index (χ1n) is 5.48. The Kier molecular flexibility index (Phi) is 4.74. The third-order valence-corrected chi connectivity index (χ3v) is 2.77. The van der Waals surface area contributed by atoms with Crippen molar-refractivity contribution in [3.8, 4) is 0 Å². The molecule has 13 heavy (non-hydrogen) atoms. The van der Waals surface area contributed by atoms with Crippen LogP contribution in [0.4, 0.5) is 0 Å². The Morgan fingerprint density at radius 1 is 1.38 bits per heavy atom. The first-order chi connectivity index (χ1) is 6.22. The highest BCUT2D eigenvalue weighted by atomic mass is 16.5. The zero-order valence-electron chi connectivity index (χ0n) is 9.18. The van der Waals surface area contributed by atoms with Gasteiger partial charge in [0.05, 0.1) is 6.10 Å². The number of nitrogens with one attached hydrogen (secondary N) is 1. The van der Waals surface area contributed by atoms with Crippen LogP contribution in [-0.2, 0) is 4.74 Å². The Hall–Kier alpha value is -0.0800. The normalized spacial score (nSPS) is 29.5. The van der Waals surface area contributed by atoms with Gasteiger partial charge in [-0.15, -0.1) is 0 Å². The molecule has 0 aliphatic heterocycles. The van der Waals surface area contributed by atoms with Crippen molar-refractivity contribution in [2.24, 2.45) is 5.92 Å². The van der Waals surface area contributed by atoms with E-state index < -0.39 is 0 Å². The van der Waals surface area contributed by atoms with E-state index in [4.69, 9.17) is 4.74 Å². The summed E-state index contributed by atoms with van der Waals surface area (Å²) in [5.74, 6) is 0.753. The fourth-order valence-corrected chi connectivity index (χ4v) is 1.95. The number of hydrogen-bond acceptors (Lipinski definition) is 2. The number of rotatable bonds is 4. The van der Waals surface area contributed by atoms with Gasteiger partial charge in [0, 0.05) is 13.2 Å². The van der Waals surface area contributed by atoms with Crippen LogP contribution in [0, 0.1) is 5.92 Å². The van der Waals surface area contributed by atoms with Crippen LogP contribution >= 0.6 is 0 Å². The molecule has 0 aromatic rings. The predicted octanol–water partition coefficient (Wildman–Crippen LogP) is 2.19. The molecule has 2 unspecified atom stereocenters. The van der Waals surface area contributed by atoms with Gasteiger partial charge in [-0.05, 0) is 38.1 Å². The van der Waals surface area contributed by atoms with E-state index in [1.165, 1.54) is 25.7 Å². The van der Waals surface area contributed by atoms with Gasteiger partial charge in [-0.25, -0.2) is 0 Å². The van der Waals surface area contributed by atoms with Crippen molar-refractivity contribution in [2.45, 2.75) is 51.7 Å². The summed E-state index contributed by atoms with van der Waals surface area (Å²) in [6, 6.07) is 0.695. The molecule has 0 saturated heterocycles. The highest BCUT2D eigenvalue weighted by molar-refractivity contribution is 4.78. The van der Waals surface area contributed by atoms with Crippen LogP contribution in [0.5, 0.6) is 0 Å². The minimum Gasteiger partial charge on any atom is -0.381 e. The second kappa shape index (κ2) is 5.61. The molecule has 0 heterocycles. The van der Waals surface area contributed by atoms with Gasteiger partial charge in [0.1, 0.15) is 0 Å². The minimum absolute atomic E-state index is 0.499. The molecule has 1 fully saturated rings. The summed E-state index contributed by atoms with van der Waals surface area (Å²) in [5.41, 5.74) is 0. The van der Waals surface area contributed by atoms with Crippen molar-refractivity contribution in [3.05, 3.63) is 0 Å². The first kappa shape index (κ1) is 11.0. The second-order valence-corrected chi connectivity index (χ2v) is 4.52. The smallest absolute Gasteiger partial charge is 0.0586 e. The van der Waals surface area contributed by atoms with Crippen molar-refractivity contribution < 1.29 is 4.74 Å². The lowest BCUT2D eigenvalue weighted by atomic mass is 9.92. The van der Waals surface area contributed by atoms with Crippen molar-refractivity contribution in [3.63, 3.8) is 0 Å². The molecular formula is C11H23NO. The lowest BCUT2D eigenvalue weighted by Crippen LogP contribution is -2.38. The molecule has 1 aliphatic rings. The largest absolute Gasteiger partial charge is 0.381 e. The Morgan fingerprint density at radius 2 is 2.15 bits per heavy atom. The summed E-state index contributed by atoms with van der Waals surface area (Å²) < 4.78 is 5.39. The minimum atomic E-state index is 0.499. The van der Waals surface area contributed by atoms with Crippen LogP contribution in [-0.4, -0.2) is 25.8 Å². The summed E-state index contributed by atoms with van der Waals surface area (Å²) >= 11 is 0. The summed E-state index contributed by atoms with van der Waals surface area (Å²) in [6.07, 6.45) is 5.58. The fraction of sp³-hybridized carbons (Fsp3) is 1.00. The molecule has 0 aromatic carbocycles. The molecule has 1 N–H and O–H groups in total. The standard InChI is InChI=1S/C11H23NO/c1-9(2)8-12-10-5-4-6-11(7-10)13-3/h9-12H,4-8H2,1-3H3. The maximum absolute atomic E-state index is 5.39. The third-order valence-electron chi connectivity index (χ3n) is 2.77. The summed E-state index contributed by atoms with van der Waals surface area (Å²) in [6.45, 7) is 5.65. The molecule has 0 amide bonds. The maximum Gasteiger partial charge on any atom is 0.0586 e. The van der Waals surface area contributed by atoms with Gasteiger partial charge in [-0.1, -0.05) is 13.8 Å². The van der Waals surface area contributed by atoms with Crippen molar-refractivity contribution in [1.82, 2.24) is 5.32 Å². The van der Waals surface area contributed by atoms with E-state index in [-0.39, 0.29) is 0 Å². The highest BCUT2D eigenvalue weighted by Gasteiger charge is 2.20. The van der Waals surface area contributed by atoms with Gasteiger partial charge in [0.15, 0.2) is 0 Å². The molecule has 0 bridgehead atoms. The number of methoxy groups -OCH3 is 1. The van der Waals surface area contributed by atoms with Gasteiger partial charge in [0.2, 0.25) is 0 Å². The molecule has 2 nitrogen and oxygen atoms in total. The average molecular weight is 185 g/mol. The fourth-order valence-electron chi connectivity index (χ4n) is 1.95. The lowest BCUT2D eigenvalue weighted by Gasteiger charge is -2.29. The van der Waals surface area contributed by atoms with E-state index >= 15 is 0 Å². The van der Waals surface area contributed by atoms with E-state index in [0.29, 0.717) is 12.1 Å². The van der Waals surface area contributed by atoms with Gasteiger partial charge < -0.3 is 10.1 Å². The van der Waals surface area contributed by atoms with Crippen LogP contribution in [0.15, 0.2) is 0 Å². The zero-order chi connectivity index (χ0) is 9.68. The number of hydrogen-bond donors (Lipinski definition) is 1. The van der Waals surface area contributed by atoms with Crippen molar-refractivity contribution in [2.75, 3.05) is 13.7 Å². The molecule has 1 saturated carbocycles. The maximum atomic E-state index is 5.39. The van der Waals surface area contributed by atoms with E-state index in [0.717, 1.165) is 12.5 Å². The summed E-state index contributed by atoms with van der Waals surface area (Å²) in [4.78, 5) is 0. The molecule has 1 aliphatic carbocycles. The quantitative estimate of drug-likeness (QED) is 0.725. The first-order valence-corrected chi connectivity index (χ1v) is 5.48. The van der Waals surface area contributed by atoms with E-state index in [1.807, 2.05) is 7.11 Å². The monoisotopic (exact) mass is 185 g/mol. The predicted molar refractivity (Wildman–Crippen MR) is 55.9 cm³/mol. The van der Waals surface area contributed by atoms with Crippen molar-refractivity contribution in [1.29, 1.82) is 0 Å². The summed E-state index contributed by atoms with van der Waals surface area (Å²) in [5, 5.41) is 3.61. The Morgan fingerprint density at radius 3 is 2.77 bits per heavy atom. The molecule has 2 heteroatoms. The van der Waals surface area contributed by atoms with Crippen LogP contribution < -0.4 is 5.32 Å². The SMILES string of the molecule is COC1CCCC(NCC(C)C)C1. The van der Waals surface area contributed by atoms with Gasteiger partial charge in [-0.3, -0.25) is 0 Å². The van der Waals surface area contributed by atoms with Crippen molar-refractivity contribution >= 4 is 0 Å². The molecule has 0 spiro atoms. The highest BCUT2D eigenvalue weighted by Crippen LogP contribution is 2.20. The Labute approximate surface area is 82.0 Å². The Bertz CT molecular complexity index is 136. The third kappa shape index (κ3) is 4.10. The zero-order valence-corrected chi connectivity index (χ0v) is 9.18. The molecule has 0 radical (unpaired) electrons. The summed E-state index contributed by atoms with van der Waals surface area (Å²) in [7, 11) is 1.83. The lowest BCUT2D eigenvalue weighted by molar-refractivity contribution is 0.0584. The van der Waals surface area contributed by atoms with E-state index in [2.05, 4.69) is 19.2 Å². The molecule has 0 aromatic heterocycles. The van der Waals surface area contributed by atoms with Gasteiger partial charge in [-0.2, -0.15) is 0 Å². The topological polar surface area (TPSA) is 21.3 Å². The van der Waals surface area contributed by atoms with Gasteiger partial charge in [0.25, 0.3) is 0 Å². The Balaban J connectivity index is 2.18. The van der Waals surface area contributed by atoms with E-state index in [1.54, 1.807) is 0 Å². The average Bonchev–Trinajstić information content (AvgIpc) is 2.15. The van der Waals surface area contributed by atoms with Crippen LogP contribution in [0.2, 0.25) is 0 Å². The van der Waals surface area contributed by atoms with Gasteiger partial charge >= 0.3 is 0 Å². The molecule has 1 rings (SSSR count). The van der Waals surface area contributed by atoms with Crippen LogP contribution in [0.1, 0.15) is 39.5 Å². The van der Waals surface area contributed by atoms with E-state index in [9.17, 15) is 0 Å². The van der Waals surface area contributed by atoms with Crippen LogP contribution in [0.25, 0.3) is 0 Å². The second-order valence-electron chi connectivity index (χ2n) is 4.52. The molecular weight excluding hydrogens is 162 g/mol.